The highest BCUT2D eigenvalue weighted by molar-refractivity contribution is 5.83. The summed E-state index contributed by atoms with van der Waals surface area (Å²) in [4.78, 5) is 29.9. The molecule has 0 aliphatic heterocycles. The maximum atomic E-state index is 11.4. The molecule has 0 aromatic carbocycles. The molecular formula is C11H12N4O5. The molecule has 0 fully saturated rings. The van der Waals surface area contributed by atoms with Crippen molar-refractivity contribution >= 4 is 23.1 Å². The Labute approximate surface area is 112 Å². The number of hydrogen-bond acceptors (Lipinski definition) is 8. The van der Waals surface area contributed by atoms with Crippen molar-refractivity contribution < 1.29 is 19.1 Å². The molecule has 0 aliphatic rings. The molecule has 0 bridgehead atoms. The van der Waals surface area contributed by atoms with Gasteiger partial charge in [-0.3, -0.25) is 5.43 Å². The summed E-state index contributed by atoms with van der Waals surface area (Å²) in [5, 5.41) is 10.1. The summed E-state index contributed by atoms with van der Waals surface area (Å²) in [6, 6.07) is 1.27. The number of nitrogens with one attached hydrogen (secondary N) is 2. The molecule has 0 aliphatic carbocycles. The first-order chi connectivity index (χ1) is 9.55. The Balaban J connectivity index is 2.46. The third-order valence-corrected chi connectivity index (χ3v) is 2.51. The van der Waals surface area contributed by atoms with Crippen LogP contribution in [0.15, 0.2) is 15.3 Å². The van der Waals surface area contributed by atoms with Crippen molar-refractivity contribution in [3.8, 4) is 5.88 Å². The largest absolute Gasteiger partial charge is 0.493 e. The van der Waals surface area contributed by atoms with Crippen LogP contribution in [0.5, 0.6) is 5.88 Å². The van der Waals surface area contributed by atoms with Gasteiger partial charge in [-0.05, 0) is 12.0 Å². The standard InChI is InChI=1S/C11H12N4O5/c1-3-5-4-6(16)20-9-7(5)8(17)12-10(13-9)14-15-11(18)19-2/h4H,3H2,1-2H3,(H,15,18)(H2,12,13,14,17). The molecule has 20 heavy (non-hydrogen) atoms. The lowest BCUT2D eigenvalue weighted by Gasteiger charge is -2.08. The Hall–Kier alpha value is -2.84. The smallest absolute Gasteiger partial charge is 0.425 e. The number of ether oxygens (including phenoxy) is 1. The second kappa shape index (κ2) is 5.43. The fraction of sp³-hybridized carbons (Fsp3) is 0.273. The highest BCUT2D eigenvalue weighted by Gasteiger charge is 2.14. The lowest BCUT2D eigenvalue weighted by Crippen LogP contribution is -2.30. The van der Waals surface area contributed by atoms with Gasteiger partial charge in [0.15, 0.2) is 0 Å². The van der Waals surface area contributed by atoms with Crippen LogP contribution in [0.4, 0.5) is 10.7 Å². The lowest BCUT2D eigenvalue weighted by molar-refractivity contribution is 0.173. The predicted octanol–water partition coefficient (Wildman–Crippen LogP) is 0.534. The van der Waals surface area contributed by atoms with Crippen molar-refractivity contribution in [1.82, 2.24) is 15.4 Å². The van der Waals surface area contributed by atoms with Crippen LogP contribution < -0.4 is 16.5 Å². The van der Waals surface area contributed by atoms with Crippen molar-refractivity contribution in [2.45, 2.75) is 13.3 Å². The molecule has 2 aromatic heterocycles. The van der Waals surface area contributed by atoms with Crippen LogP contribution in [0.2, 0.25) is 0 Å². The molecule has 0 unspecified atom stereocenters. The van der Waals surface area contributed by atoms with E-state index in [4.69, 9.17) is 4.42 Å². The van der Waals surface area contributed by atoms with Gasteiger partial charge in [0.25, 0.3) is 0 Å². The number of hydrogen-bond donors (Lipinski definition) is 3. The Kier molecular flexibility index (Phi) is 3.69. The fourth-order valence-electron chi connectivity index (χ4n) is 1.62. The summed E-state index contributed by atoms with van der Waals surface area (Å²) in [6.45, 7) is 1.82. The predicted molar refractivity (Wildman–Crippen MR) is 68.3 cm³/mol. The summed E-state index contributed by atoms with van der Waals surface area (Å²) in [7, 11) is 1.18. The number of hydrazine groups is 1. The number of carbonyl (C=O) groups is 1. The molecule has 0 atom stereocenters. The topological polar surface area (TPSA) is 127 Å². The zero-order valence-electron chi connectivity index (χ0n) is 10.8. The van der Waals surface area contributed by atoms with Gasteiger partial charge < -0.3 is 14.3 Å². The molecule has 2 heterocycles. The Morgan fingerprint density at radius 1 is 1.50 bits per heavy atom. The van der Waals surface area contributed by atoms with Gasteiger partial charge in [-0.25, -0.2) is 15.0 Å². The number of carbonyl (C=O) groups excluding carboxylic acids is 1. The Morgan fingerprint density at radius 2 is 2.25 bits per heavy atom. The number of methoxy groups -OCH3 is 1. The second-order valence-electron chi connectivity index (χ2n) is 3.74. The van der Waals surface area contributed by atoms with E-state index in [1.54, 1.807) is 0 Å². The number of nitrogens with zero attached hydrogens (tertiary/aromatic N) is 2. The lowest BCUT2D eigenvalue weighted by atomic mass is 10.1. The van der Waals surface area contributed by atoms with Crippen molar-refractivity contribution in [3.63, 3.8) is 0 Å². The van der Waals surface area contributed by atoms with E-state index < -0.39 is 11.7 Å². The quantitative estimate of drug-likeness (QED) is 0.695. The van der Waals surface area contributed by atoms with Gasteiger partial charge in [0, 0.05) is 6.07 Å². The third kappa shape index (κ3) is 2.60. The minimum Gasteiger partial charge on any atom is -0.493 e. The second-order valence-corrected chi connectivity index (χ2v) is 3.74. The molecule has 3 N–H and O–H groups in total. The SMILES string of the molecule is CCc1cc(=O)oc2nc(NNC(=O)OC)nc(O)c12. The number of rotatable bonds is 3. The summed E-state index contributed by atoms with van der Waals surface area (Å²) in [6.07, 6.45) is -0.261. The first kappa shape index (κ1) is 13.6. The fourth-order valence-corrected chi connectivity index (χ4v) is 1.62. The van der Waals surface area contributed by atoms with Crippen LogP contribution >= 0.6 is 0 Å². The van der Waals surface area contributed by atoms with E-state index in [1.807, 2.05) is 6.92 Å². The average Bonchev–Trinajstić information content (AvgIpc) is 2.43. The molecule has 9 heteroatoms. The normalized spacial score (nSPS) is 10.3. The average molecular weight is 280 g/mol. The minimum atomic E-state index is -0.767. The van der Waals surface area contributed by atoms with Crippen molar-refractivity contribution in [2.75, 3.05) is 12.5 Å². The molecule has 0 saturated heterocycles. The van der Waals surface area contributed by atoms with Crippen LogP contribution in [0.25, 0.3) is 11.1 Å². The summed E-state index contributed by atoms with van der Waals surface area (Å²) in [5.74, 6) is -0.499. The van der Waals surface area contributed by atoms with Crippen LogP contribution in [-0.4, -0.2) is 28.3 Å². The van der Waals surface area contributed by atoms with E-state index in [0.29, 0.717) is 12.0 Å². The van der Waals surface area contributed by atoms with Crippen molar-refractivity contribution in [1.29, 1.82) is 0 Å². The van der Waals surface area contributed by atoms with E-state index in [2.05, 4.69) is 25.6 Å². The van der Waals surface area contributed by atoms with Crippen LogP contribution in [0.3, 0.4) is 0 Å². The van der Waals surface area contributed by atoms with Crippen molar-refractivity contribution in [3.05, 3.63) is 22.0 Å². The van der Waals surface area contributed by atoms with Crippen LogP contribution in [-0.2, 0) is 11.2 Å². The monoisotopic (exact) mass is 280 g/mol. The van der Waals surface area contributed by atoms with Gasteiger partial charge in [0.05, 0.1) is 7.11 Å². The number of aryl methyl sites for hydroxylation is 1. The Morgan fingerprint density at radius 3 is 2.90 bits per heavy atom. The van der Waals surface area contributed by atoms with Gasteiger partial charge >= 0.3 is 11.7 Å². The van der Waals surface area contributed by atoms with Gasteiger partial charge in [-0.2, -0.15) is 9.97 Å². The van der Waals surface area contributed by atoms with Gasteiger partial charge in [0.2, 0.25) is 17.5 Å². The Bertz CT molecular complexity index is 712. The molecule has 106 valence electrons. The van der Waals surface area contributed by atoms with E-state index in [1.165, 1.54) is 13.2 Å². The van der Waals surface area contributed by atoms with E-state index in [0.717, 1.165) is 0 Å². The van der Waals surface area contributed by atoms with E-state index >= 15 is 0 Å². The molecular weight excluding hydrogens is 268 g/mol. The molecule has 2 rings (SSSR count). The zero-order valence-corrected chi connectivity index (χ0v) is 10.8. The molecule has 0 spiro atoms. The molecule has 0 radical (unpaired) electrons. The van der Waals surface area contributed by atoms with Crippen LogP contribution in [0, 0.1) is 0 Å². The highest BCUT2D eigenvalue weighted by atomic mass is 16.5. The number of aromatic hydroxyl groups is 1. The number of amides is 1. The number of anilines is 1. The van der Waals surface area contributed by atoms with Gasteiger partial charge in [-0.1, -0.05) is 6.92 Å². The maximum Gasteiger partial charge on any atom is 0.425 e. The van der Waals surface area contributed by atoms with E-state index in [9.17, 15) is 14.7 Å². The van der Waals surface area contributed by atoms with Crippen molar-refractivity contribution in [2.24, 2.45) is 0 Å². The molecule has 2 aromatic rings. The maximum absolute atomic E-state index is 11.4. The first-order valence-corrected chi connectivity index (χ1v) is 5.68. The number of fused-ring (bicyclic) bond motifs is 1. The highest BCUT2D eigenvalue weighted by Crippen LogP contribution is 2.25. The first-order valence-electron chi connectivity index (χ1n) is 5.68. The zero-order chi connectivity index (χ0) is 14.7. The third-order valence-electron chi connectivity index (χ3n) is 2.51. The minimum absolute atomic E-state index is 0.0731. The van der Waals surface area contributed by atoms with Gasteiger partial charge in [-0.15, -0.1) is 0 Å². The summed E-state index contributed by atoms with van der Waals surface area (Å²) < 4.78 is 9.25. The van der Waals surface area contributed by atoms with Gasteiger partial charge in [0.1, 0.15) is 5.39 Å². The molecule has 9 nitrogen and oxygen atoms in total. The molecule has 1 amide bonds. The summed E-state index contributed by atoms with van der Waals surface area (Å²) >= 11 is 0. The molecule has 0 saturated carbocycles. The van der Waals surface area contributed by atoms with E-state index in [-0.39, 0.29) is 22.9 Å². The number of aromatic nitrogens is 2. The summed E-state index contributed by atoms with van der Waals surface area (Å²) in [5.41, 5.74) is 4.35. The van der Waals surface area contributed by atoms with Crippen LogP contribution in [0.1, 0.15) is 12.5 Å².